The maximum absolute atomic E-state index is 11.5. The Hall–Kier alpha value is -2.15. The van der Waals surface area contributed by atoms with Gasteiger partial charge in [0.1, 0.15) is 11.9 Å². The van der Waals surface area contributed by atoms with E-state index in [1.54, 1.807) is 7.05 Å². The number of likely N-dealkylation sites (N-methyl/N-ethyl adjacent to an activating group) is 1. The Morgan fingerprint density at radius 1 is 1.48 bits per heavy atom. The highest BCUT2D eigenvalue weighted by atomic mass is 16.4. The van der Waals surface area contributed by atoms with Crippen molar-refractivity contribution in [1.82, 2.24) is 15.2 Å². The zero-order chi connectivity index (χ0) is 16.9. The molecule has 1 aliphatic rings. The number of anilines is 1. The van der Waals surface area contributed by atoms with Crippen LogP contribution in [0.25, 0.3) is 0 Å². The molecule has 23 heavy (non-hydrogen) atoms. The van der Waals surface area contributed by atoms with Crippen molar-refractivity contribution in [3.63, 3.8) is 0 Å². The molecule has 2 heterocycles. The zero-order valence-corrected chi connectivity index (χ0v) is 13.7. The molecule has 0 saturated carbocycles. The first kappa shape index (κ1) is 17.2. The number of carbonyl (C=O) groups is 2. The largest absolute Gasteiger partial charge is 0.465 e. The topological polar surface area (TPSA) is 85.8 Å². The second-order valence-electron chi connectivity index (χ2n) is 5.77. The Morgan fingerprint density at radius 3 is 2.78 bits per heavy atom. The Labute approximate surface area is 136 Å². The van der Waals surface area contributed by atoms with E-state index in [0.29, 0.717) is 19.6 Å². The number of hydrogen-bond donors (Lipinski definition) is 2. The molecule has 2 N–H and O–H groups in total. The van der Waals surface area contributed by atoms with E-state index in [1.165, 1.54) is 4.90 Å². The first-order valence-electron chi connectivity index (χ1n) is 7.89. The minimum atomic E-state index is -1.02. The molecular formula is C16H24N4O3. The lowest BCUT2D eigenvalue weighted by Crippen LogP contribution is -2.70. The summed E-state index contributed by atoms with van der Waals surface area (Å²) >= 11 is 0. The van der Waals surface area contributed by atoms with Gasteiger partial charge in [0.2, 0.25) is 0 Å². The van der Waals surface area contributed by atoms with Crippen molar-refractivity contribution >= 4 is 18.1 Å². The van der Waals surface area contributed by atoms with E-state index in [0.717, 1.165) is 30.5 Å². The number of nitrogens with zero attached hydrogens (tertiary/aromatic N) is 3. The van der Waals surface area contributed by atoms with E-state index in [4.69, 9.17) is 0 Å². The summed E-state index contributed by atoms with van der Waals surface area (Å²) in [5.74, 6) is 0. The molecule has 2 rings (SSSR count). The van der Waals surface area contributed by atoms with Crippen LogP contribution in [-0.2, 0) is 11.2 Å². The maximum Gasteiger partial charge on any atom is 0.408 e. The van der Waals surface area contributed by atoms with E-state index < -0.39 is 11.8 Å². The number of hydrogen-bond acceptors (Lipinski definition) is 5. The number of aryl methyl sites for hydroxylation is 1. The number of amides is 1. The van der Waals surface area contributed by atoms with E-state index in [1.807, 2.05) is 18.3 Å². The average molecular weight is 320 g/mol. The SMILES string of the molecule is CCCc1ccc(N2CCN(C(=O)O)C(CC=O)(NC)C2)cn1. The fourth-order valence-corrected chi connectivity index (χ4v) is 3.05. The Bertz CT molecular complexity index is 549. The molecule has 0 aromatic carbocycles. The predicted molar refractivity (Wildman–Crippen MR) is 87.6 cm³/mol. The minimum absolute atomic E-state index is 0.105. The van der Waals surface area contributed by atoms with Gasteiger partial charge in [-0.15, -0.1) is 0 Å². The summed E-state index contributed by atoms with van der Waals surface area (Å²) < 4.78 is 0. The van der Waals surface area contributed by atoms with Gasteiger partial charge >= 0.3 is 6.09 Å². The van der Waals surface area contributed by atoms with E-state index >= 15 is 0 Å². The first-order valence-corrected chi connectivity index (χ1v) is 7.89. The lowest BCUT2D eigenvalue weighted by Gasteiger charge is -2.49. The maximum atomic E-state index is 11.5. The molecule has 0 spiro atoms. The molecule has 1 amide bonds. The van der Waals surface area contributed by atoms with Crippen molar-refractivity contribution in [3.05, 3.63) is 24.0 Å². The van der Waals surface area contributed by atoms with Gasteiger partial charge in [-0.1, -0.05) is 13.3 Å². The second kappa shape index (κ2) is 7.41. The third-order valence-electron chi connectivity index (χ3n) is 4.36. The molecular weight excluding hydrogens is 296 g/mol. The third-order valence-corrected chi connectivity index (χ3v) is 4.36. The monoisotopic (exact) mass is 320 g/mol. The van der Waals surface area contributed by atoms with Gasteiger partial charge in [0.15, 0.2) is 0 Å². The van der Waals surface area contributed by atoms with Crippen LogP contribution in [0.5, 0.6) is 0 Å². The number of pyridine rings is 1. The average Bonchev–Trinajstić information content (AvgIpc) is 2.55. The standard InChI is InChI=1S/C16H24N4O3/c1-3-4-13-5-6-14(11-18-13)19-8-9-20(15(22)23)16(12-19,17-2)7-10-21/h5-6,10-11,17H,3-4,7-9,12H2,1-2H3,(H,22,23). The summed E-state index contributed by atoms with van der Waals surface area (Å²) in [6.45, 7) is 3.43. The second-order valence-corrected chi connectivity index (χ2v) is 5.77. The summed E-state index contributed by atoms with van der Waals surface area (Å²) in [6, 6.07) is 4.01. The quantitative estimate of drug-likeness (QED) is 0.769. The van der Waals surface area contributed by atoms with Crippen molar-refractivity contribution < 1.29 is 14.7 Å². The lowest BCUT2D eigenvalue weighted by molar-refractivity contribution is -0.110. The number of aldehydes is 1. The van der Waals surface area contributed by atoms with Crippen molar-refractivity contribution in [2.24, 2.45) is 0 Å². The number of nitrogens with one attached hydrogen (secondary N) is 1. The highest BCUT2D eigenvalue weighted by Crippen LogP contribution is 2.26. The van der Waals surface area contributed by atoms with Gasteiger partial charge in [0, 0.05) is 25.2 Å². The molecule has 0 radical (unpaired) electrons. The van der Waals surface area contributed by atoms with Gasteiger partial charge in [0.25, 0.3) is 0 Å². The van der Waals surface area contributed by atoms with E-state index in [2.05, 4.69) is 22.1 Å². The third kappa shape index (κ3) is 3.61. The minimum Gasteiger partial charge on any atom is -0.465 e. The van der Waals surface area contributed by atoms with Crippen LogP contribution >= 0.6 is 0 Å². The number of aromatic nitrogens is 1. The number of piperazine rings is 1. The molecule has 126 valence electrons. The number of rotatable bonds is 6. The van der Waals surface area contributed by atoms with Crippen molar-refractivity contribution in [2.75, 3.05) is 31.6 Å². The van der Waals surface area contributed by atoms with Crippen molar-refractivity contribution in [2.45, 2.75) is 31.8 Å². The van der Waals surface area contributed by atoms with Crippen molar-refractivity contribution in [3.8, 4) is 0 Å². The van der Waals surface area contributed by atoms with Crippen LogP contribution in [0.15, 0.2) is 18.3 Å². The van der Waals surface area contributed by atoms with Gasteiger partial charge in [0.05, 0.1) is 18.4 Å². The summed E-state index contributed by atoms with van der Waals surface area (Å²) in [6.07, 6.45) is 3.66. The summed E-state index contributed by atoms with van der Waals surface area (Å²) in [4.78, 5) is 30.4. The summed E-state index contributed by atoms with van der Waals surface area (Å²) in [7, 11) is 1.69. The van der Waals surface area contributed by atoms with Gasteiger partial charge in [-0.3, -0.25) is 15.2 Å². The molecule has 7 nitrogen and oxygen atoms in total. The molecule has 1 atom stereocenters. The molecule has 1 fully saturated rings. The van der Waals surface area contributed by atoms with Crippen molar-refractivity contribution in [1.29, 1.82) is 0 Å². The van der Waals surface area contributed by atoms with Crippen LogP contribution in [-0.4, -0.2) is 59.7 Å². The molecule has 1 aliphatic heterocycles. The number of carboxylic acid groups (broad SMARTS) is 1. The van der Waals surface area contributed by atoms with Gasteiger partial charge in [-0.25, -0.2) is 4.79 Å². The van der Waals surface area contributed by atoms with Gasteiger partial charge < -0.3 is 14.8 Å². The molecule has 1 unspecified atom stereocenters. The fraction of sp³-hybridized carbons (Fsp3) is 0.562. The van der Waals surface area contributed by atoms with Crippen LogP contribution < -0.4 is 10.2 Å². The van der Waals surface area contributed by atoms with E-state index in [-0.39, 0.29) is 6.42 Å². The van der Waals surface area contributed by atoms with Crippen LogP contribution in [0.1, 0.15) is 25.5 Å². The van der Waals surface area contributed by atoms with Gasteiger partial charge in [-0.2, -0.15) is 0 Å². The predicted octanol–water partition coefficient (Wildman–Crippen LogP) is 1.34. The Morgan fingerprint density at radius 2 is 2.26 bits per heavy atom. The normalized spacial score (nSPS) is 21.3. The molecule has 1 aromatic rings. The zero-order valence-electron chi connectivity index (χ0n) is 13.7. The highest BCUT2D eigenvalue weighted by Gasteiger charge is 2.43. The molecule has 7 heteroatoms. The van der Waals surface area contributed by atoms with E-state index in [9.17, 15) is 14.7 Å². The van der Waals surface area contributed by atoms with Crippen LogP contribution in [0.2, 0.25) is 0 Å². The molecule has 1 aromatic heterocycles. The summed E-state index contributed by atoms with van der Waals surface area (Å²) in [5.41, 5.74) is 1.09. The highest BCUT2D eigenvalue weighted by molar-refractivity contribution is 5.68. The Balaban J connectivity index is 2.22. The van der Waals surface area contributed by atoms with Crippen LogP contribution in [0.4, 0.5) is 10.5 Å². The van der Waals surface area contributed by atoms with Crippen LogP contribution in [0.3, 0.4) is 0 Å². The molecule has 0 bridgehead atoms. The first-order chi connectivity index (χ1) is 11.1. The number of carbonyl (C=O) groups excluding carboxylic acids is 1. The summed E-state index contributed by atoms with van der Waals surface area (Å²) in [5, 5.41) is 12.5. The Kier molecular flexibility index (Phi) is 5.54. The fourth-order valence-electron chi connectivity index (χ4n) is 3.05. The molecule has 0 aliphatic carbocycles. The smallest absolute Gasteiger partial charge is 0.408 e. The van der Waals surface area contributed by atoms with Crippen LogP contribution in [0, 0.1) is 0 Å². The molecule has 1 saturated heterocycles. The lowest BCUT2D eigenvalue weighted by atomic mass is 10.0. The van der Waals surface area contributed by atoms with Gasteiger partial charge in [-0.05, 0) is 25.6 Å².